The number of carbonyl (C=O) groups excluding carboxylic acids is 4. The van der Waals surface area contributed by atoms with Crippen molar-refractivity contribution in [1.82, 2.24) is 21.3 Å². The van der Waals surface area contributed by atoms with Gasteiger partial charge in [-0.1, -0.05) is 121 Å². The van der Waals surface area contributed by atoms with E-state index in [1.54, 1.807) is 6.92 Å². The molecule has 4 aromatic carbocycles. The van der Waals surface area contributed by atoms with Gasteiger partial charge in [-0.2, -0.15) is 0 Å². The quantitative estimate of drug-likeness (QED) is 0.0313. The zero-order chi connectivity index (χ0) is 37.7. The number of rotatable bonds is 16. The van der Waals surface area contributed by atoms with Crippen molar-refractivity contribution >= 4 is 41.7 Å². The van der Waals surface area contributed by atoms with Gasteiger partial charge in [0.2, 0.25) is 11.9 Å². The number of halogens is 1. The first-order valence-electron chi connectivity index (χ1n) is 17.2. The van der Waals surface area contributed by atoms with Crippen molar-refractivity contribution in [2.75, 3.05) is 6.54 Å². The van der Waals surface area contributed by atoms with Gasteiger partial charge in [0.15, 0.2) is 0 Å². The largest absolute Gasteiger partial charge is 0.445 e. The third-order valence-electron chi connectivity index (χ3n) is 7.79. The smallest absolute Gasteiger partial charge is 0.414 e. The zero-order valence-corrected chi connectivity index (χ0v) is 30.2. The van der Waals surface area contributed by atoms with Crippen molar-refractivity contribution in [2.24, 2.45) is 4.99 Å². The lowest BCUT2D eigenvalue weighted by Crippen LogP contribution is -2.50. The highest BCUT2D eigenvalue weighted by atomic mass is 35.5. The molecule has 278 valence electrons. The molecule has 12 nitrogen and oxygen atoms in total. The summed E-state index contributed by atoms with van der Waals surface area (Å²) < 4.78 is 16.0. The number of hydrogen-bond donors (Lipinski definition) is 4. The number of ether oxygens (including phenoxy) is 3. The molecule has 0 aliphatic rings. The third-order valence-corrected chi connectivity index (χ3v) is 8.42. The molecule has 13 heteroatoms. The minimum Gasteiger partial charge on any atom is -0.445 e. The van der Waals surface area contributed by atoms with Gasteiger partial charge in [0.05, 0.1) is 5.38 Å². The fraction of sp³-hybridized carbons (Fsp3) is 0.275. The highest BCUT2D eigenvalue weighted by Gasteiger charge is 2.25. The normalized spacial score (nSPS) is 12.2. The van der Waals surface area contributed by atoms with E-state index in [4.69, 9.17) is 25.8 Å². The van der Waals surface area contributed by atoms with Crippen molar-refractivity contribution < 1.29 is 33.4 Å². The lowest BCUT2D eigenvalue weighted by atomic mass is 10.0. The van der Waals surface area contributed by atoms with E-state index in [0.717, 1.165) is 22.3 Å². The summed E-state index contributed by atoms with van der Waals surface area (Å²) in [6.07, 6.45) is -1.30. The number of benzene rings is 4. The van der Waals surface area contributed by atoms with Crippen molar-refractivity contribution in [2.45, 2.75) is 63.5 Å². The molecule has 4 N–H and O–H groups in total. The van der Waals surface area contributed by atoms with Crippen LogP contribution >= 0.6 is 11.6 Å². The summed E-state index contributed by atoms with van der Waals surface area (Å²) in [6.45, 7) is 2.00. The van der Waals surface area contributed by atoms with E-state index in [2.05, 4.69) is 26.3 Å². The first-order valence-corrected chi connectivity index (χ1v) is 17.7. The van der Waals surface area contributed by atoms with Crippen molar-refractivity contribution in [3.63, 3.8) is 0 Å². The van der Waals surface area contributed by atoms with Crippen LogP contribution in [0.4, 0.5) is 14.4 Å². The number of carbonyl (C=O) groups is 4. The lowest BCUT2D eigenvalue weighted by molar-refractivity contribution is -0.123. The van der Waals surface area contributed by atoms with Gasteiger partial charge in [-0.3, -0.25) is 20.4 Å². The van der Waals surface area contributed by atoms with E-state index in [-0.39, 0.29) is 38.7 Å². The summed E-state index contributed by atoms with van der Waals surface area (Å²) in [4.78, 5) is 55.8. The maximum atomic E-state index is 13.5. The molecule has 4 rings (SSSR count). The molecule has 53 heavy (non-hydrogen) atoms. The monoisotopic (exact) mass is 741 g/mol. The molecule has 0 bridgehead atoms. The Morgan fingerprint density at radius 1 is 0.604 bits per heavy atom. The number of alkyl carbamates (subject to hydrolysis) is 3. The van der Waals surface area contributed by atoms with Gasteiger partial charge in [0.25, 0.3) is 0 Å². The molecule has 0 fully saturated rings. The Kier molecular flexibility index (Phi) is 16.7. The average Bonchev–Trinajstić information content (AvgIpc) is 3.19. The summed E-state index contributed by atoms with van der Waals surface area (Å²) in [7, 11) is 0. The van der Waals surface area contributed by atoms with E-state index in [1.165, 1.54) is 0 Å². The van der Waals surface area contributed by atoms with Crippen molar-refractivity contribution in [3.05, 3.63) is 144 Å². The number of nitrogens with zero attached hydrogens (tertiary/aromatic N) is 1. The Hall–Kier alpha value is -5.88. The van der Waals surface area contributed by atoms with Crippen LogP contribution in [0, 0.1) is 0 Å². The van der Waals surface area contributed by atoms with Crippen LogP contribution in [-0.2, 0) is 38.8 Å². The Balaban J connectivity index is 1.35. The van der Waals surface area contributed by atoms with Gasteiger partial charge in [0, 0.05) is 12.6 Å². The minimum atomic E-state index is -0.944. The molecule has 0 spiro atoms. The molecule has 4 aromatic rings. The molecule has 3 atom stereocenters. The summed E-state index contributed by atoms with van der Waals surface area (Å²) in [5.41, 5.74) is 3.21. The van der Waals surface area contributed by atoms with Gasteiger partial charge in [-0.25, -0.2) is 14.4 Å². The van der Waals surface area contributed by atoms with Gasteiger partial charge >= 0.3 is 18.3 Å². The molecular formula is C40H44ClN5O7. The highest BCUT2D eigenvalue weighted by molar-refractivity contribution is 6.21. The van der Waals surface area contributed by atoms with Crippen LogP contribution in [0.5, 0.6) is 0 Å². The second-order valence-electron chi connectivity index (χ2n) is 12.0. The predicted octanol–water partition coefficient (Wildman–Crippen LogP) is 7.15. The molecule has 0 saturated heterocycles. The van der Waals surface area contributed by atoms with Crippen LogP contribution < -0.4 is 21.3 Å². The number of hydrogen-bond acceptors (Lipinski definition) is 8. The summed E-state index contributed by atoms with van der Waals surface area (Å²) >= 11 is 6.66. The van der Waals surface area contributed by atoms with Crippen LogP contribution in [0.25, 0.3) is 0 Å². The minimum absolute atomic E-state index is 0.0110. The molecule has 1 unspecified atom stereocenters. The number of amides is 4. The Morgan fingerprint density at radius 3 is 1.51 bits per heavy atom. The summed E-state index contributed by atoms with van der Waals surface area (Å²) in [5, 5.41) is 10.0. The second kappa shape index (κ2) is 22.1. The first-order chi connectivity index (χ1) is 25.8. The topological polar surface area (TPSA) is 156 Å². The number of nitrogens with one attached hydrogen (secondary N) is 4. The highest BCUT2D eigenvalue weighted by Crippen LogP contribution is 2.24. The van der Waals surface area contributed by atoms with E-state index in [1.807, 2.05) is 121 Å². The van der Waals surface area contributed by atoms with Crippen LogP contribution in [0.1, 0.15) is 53.8 Å². The molecule has 0 aliphatic heterocycles. The Morgan fingerprint density at radius 2 is 1.04 bits per heavy atom. The van der Waals surface area contributed by atoms with Gasteiger partial charge < -0.3 is 24.8 Å². The summed E-state index contributed by atoms with van der Waals surface area (Å²) in [6, 6.07) is 35.4. The average molecular weight is 742 g/mol. The molecular weight excluding hydrogens is 698 g/mol. The van der Waals surface area contributed by atoms with E-state index >= 15 is 0 Å². The Labute approximate surface area is 314 Å². The molecule has 0 aromatic heterocycles. The van der Waals surface area contributed by atoms with Crippen LogP contribution in [0.2, 0.25) is 0 Å². The lowest BCUT2D eigenvalue weighted by Gasteiger charge is -2.24. The summed E-state index contributed by atoms with van der Waals surface area (Å²) in [5.74, 6) is -0.591. The first kappa shape index (κ1) is 39.9. The van der Waals surface area contributed by atoms with E-state index in [9.17, 15) is 19.2 Å². The van der Waals surface area contributed by atoms with Gasteiger partial charge in [-0.15, -0.1) is 11.6 Å². The van der Waals surface area contributed by atoms with E-state index in [0.29, 0.717) is 12.8 Å². The standard InChI is InChI=1S/C40H44ClN5O7/c1-29(35(41)33-22-12-5-13-23-33)43-36(47)34(44-38(48)51-26-30-16-6-2-7-17-30)24-14-15-25-42-37(45-39(49)52-27-31-18-8-3-9-19-31)46-40(50)53-28-32-20-10-4-11-21-32/h2-13,16-23,29,34-35H,14-15,24-28H2,1H3,(H,43,47)(H,44,48)(H2,42,45,46,49,50)/t29-,34-,35?/m0/s1. The van der Waals surface area contributed by atoms with Crippen LogP contribution in [-0.4, -0.2) is 48.8 Å². The van der Waals surface area contributed by atoms with Crippen molar-refractivity contribution in [3.8, 4) is 0 Å². The Bertz CT molecular complexity index is 1690. The fourth-order valence-corrected chi connectivity index (χ4v) is 5.18. The van der Waals surface area contributed by atoms with Crippen molar-refractivity contribution in [1.29, 1.82) is 0 Å². The molecule has 0 aliphatic carbocycles. The number of alkyl halides is 1. The predicted molar refractivity (Wildman–Crippen MR) is 202 cm³/mol. The molecule has 0 saturated carbocycles. The molecule has 0 radical (unpaired) electrons. The van der Waals surface area contributed by atoms with Crippen LogP contribution in [0.15, 0.2) is 126 Å². The number of aliphatic imine (C=N–C) groups is 1. The maximum absolute atomic E-state index is 13.5. The third kappa shape index (κ3) is 15.1. The number of unbranched alkanes of at least 4 members (excludes halogenated alkanes) is 1. The fourth-order valence-electron chi connectivity index (χ4n) is 4.97. The maximum Gasteiger partial charge on any atom is 0.414 e. The SMILES string of the molecule is C[C@H](NC(=O)[C@H](CCCCN=C(NC(=O)OCc1ccccc1)NC(=O)OCc1ccccc1)NC(=O)OCc1ccccc1)C(Cl)c1ccccc1. The van der Waals surface area contributed by atoms with Crippen LogP contribution in [0.3, 0.4) is 0 Å². The molecule has 0 heterocycles. The van der Waals surface area contributed by atoms with Gasteiger partial charge in [0.1, 0.15) is 25.9 Å². The molecule has 4 amide bonds. The number of guanidine groups is 1. The zero-order valence-electron chi connectivity index (χ0n) is 29.4. The van der Waals surface area contributed by atoms with Gasteiger partial charge in [-0.05, 0) is 48.4 Å². The van der Waals surface area contributed by atoms with E-state index < -0.39 is 41.6 Å². The second-order valence-corrected chi connectivity index (χ2v) is 12.4.